The minimum Gasteiger partial charge on any atom is -0.371 e. The molecular weight excluding hydrogens is 242 g/mol. The molecule has 3 heteroatoms. The van der Waals surface area contributed by atoms with Gasteiger partial charge in [0.2, 0.25) is 0 Å². The SMILES string of the molecule is CCCCCCOC(c1ccc(C)s1)C(N)CC. The molecule has 104 valence electrons. The lowest BCUT2D eigenvalue weighted by atomic mass is 10.1. The van der Waals surface area contributed by atoms with Gasteiger partial charge >= 0.3 is 0 Å². The number of aryl methyl sites for hydroxylation is 1. The molecule has 2 N–H and O–H groups in total. The fourth-order valence-corrected chi connectivity index (χ4v) is 2.98. The summed E-state index contributed by atoms with van der Waals surface area (Å²) in [5.74, 6) is 0. The van der Waals surface area contributed by atoms with Gasteiger partial charge in [0, 0.05) is 22.4 Å². The zero-order valence-electron chi connectivity index (χ0n) is 11.9. The van der Waals surface area contributed by atoms with Gasteiger partial charge in [-0.15, -0.1) is 11.3 Å². The molecular formula is C15H27NOS. The van der Waals surface area contributed by atoms with E-state index in [1.165, 1.54) is 29.0 Å². The average molecular weight is 269 g/mol. The average Bonchev–Trinajstić information content (AvgIpc) is 2.79. The van der Waals surface area contributed by atoms with E-state index >= 15 is 0 Å². The summed E-state index contributed by atoms with van der Waals surface area (Å²) < 4.78 is 6.03. The molecule has 1 rings (SSSR count). The van der Waals surface area contributed by atoms with E-state index < -0.39 is 0 Å². The second-order valence-corrected chi connectivity index (χ2v) is 6.19. The Morgan fingerprint density at radius 2 is 2.00 bits per heavy atom. The molecule has 0 aliphatic heterocycles. The van der Waals surface area contributed by atoms with Crippen molar-refractivity contribution >= 4 is 11.3 Å². The monoisotopic (exact) mass is 269 g/mol. The summed E-state index contributed by atoms with van der Waals surface area (Å²) in [6.45, 7) is 7.31. The van der Waals surface area contributed by atoms with Gasteiger partial charge in [0.15, 0.2) is 0 Å². The van der Waals surface area contributed by atoms with Crippen LogP contribution in [-0.2, 0) is 4.74 Å². The third-order valence-corrected chi connectivity index (χ3v) is 4.26. The fraction of sp³-hybridized carbons (Fsp3) is 0.733. The van der Waals surface area contributed by atoms with Crippen molar-refractivity contribution in [3.8, 4) is 0 Å². The number of hydrogen-bond acceptors (Lipinski definition) is 3. The van der Waals surface area contributed by atoms with Gasteiger partial charge in [0.1, 0.15) is 6.10 Å². The Labute approximate surface area is 116 Å². The minimum atomic E-state index is 0.0790. The third-order valence-electron chi connectivity index (χ3n) is 3.20. The van der Waals surface area contributed by atoms with Gasteiger partial charge in [0.25, 0.3) is 0 Å². The smallest absolute Gasteiger partial charge is 0.107 e. The molecule has 0 fully saturated rings. The molecule has 0 amide bonds. The summed E-state index contributed by atoms with van der Waals surface area (Å²) in [5.41, 5.74) is 6.18. The molecule has 0 bridgehead atoms. The zero-order chi connectivity index (χ0) is 13.4. The van der Waals surface area contributed by atoms with E-state index in [4.69, 9.17) is 10.5 Å². The highest BCUT2D eigenvalue weighted by molar-refractivity contribution is 7.12. The summed E-state index contributed by atoms with van der Waals surface area (Å²) >= 11 is 1.80. The van der Waals surface area contributed by atoms with E-state index in [0.29, 0.717) is 0 Å². The van der Waals surface area contributed by atoms with Crippen LogP contribution in [0.15, 0.2) is 12.1 Å². The van der Waals surface area contributed by atoms with E-state index in [0.717, 1.165) is 19.4 Å². The lowest BCUT2D eigenvalue weighted by molar-refractivity contribution is 0.0335. The first-order valence-corrected chi connectivity index (χ1v) is 7.94. The molecule has 0 saturated carbocycles. The van der Waals surface area contributed by atoms with Crippen LogP contribution in [0, 0.1) is 6.92 Å². The van der Waals surface area contributed by atoms with E-state index in [1.54, 1.807) is 11.3 Å². The van der Waals surface area contributed by atoms with Crippen molar-refractivity contribution in [2.24, 2.45) is 5.73 Å². The maximum Gasteiger partial charge on any atom is 0.107 e. The number of rotatable bonds is 9. The van der Waals surface area contributed by atoms with Crippen molar-refractivity contribution in [3.63, 3.8) is 0 Å². The summed E-state index contributed by atoms with van der Waals surface area (Å²) in [5, 5.41) is 0. The number of hydrogen-bond donors (Lipinski definition) is 1. The number of ether oxygens (including phenoxy) is 1. The Hall–Kier alpha value is -0.380. The van der Waals surface area contributed by atoms with Crippen molar-refractivity contribution in [3.05, 3.63) is 21.9 Å². The summed E-state index contributed by atoms with van der Waals surface area (Å²) in [7, 11) is 0. The quantitative estimate of drug-likeness (QED) is 0.673. The molecule has 0 spiro atoms. The normalized spacial score (nSPS) is 14.7. The van der Waals surface area contributed by atoms with Gasteiger partial charge in [0.05, 0.1) is 0 Å². The van der Waals surface area contributed by atoms with Crippen LogP contribution in [0.2, 0.25) is 0 Å². The van der Waals surface area contributed by atoms with Crippen molar-refractivity contribution in [1.29, 1.82) is 0 Å². The first-order chi connectivity index (χ1) is 8.69. The van der Waals surface area contributed by atoms with Crippen LogP contribution in [0.5, 0.6) is 0 Å². The molecule has 2 nitrogen and oxygen atoms in total. The van der Waals surface area contributed by atoms with Crippen molar-refractivity contribution in [1.82, 2.24) is 0 Å². The highest BCUT2D eigenvalue weighted by atomic mass is 32.1. The van der Waals surface area contributed by atoms with Crippen molar-refractivity contribution in [2.75, 3.05) is 6.61 Å². The maximum absolute atomic E-state index is 6.18. The van der Waals surface area contributed by atoms with Crippen LogP contribution >= 0.6 is 11.3 Å². The van der Waals surface area contributed by atoms with Crippen LogP contribution in [0.1, 0.15) is 61.8 Å². The largest absolute Gasteiger partial charge is 0.371 e. The van der Waals surface area contributed by atoms with Gasteiger partial charge in [-0.1, -0.05) is 33.1 Å². The van der Waals surface area contributed by atoms with Gasteiger partial charge in [-0.3, -0.25) is 0 Å². The highest BCUT2D eigenvalue weighted by Gasteiger charge is 2.20. The third kappa shape index (κ3) is 5.09. The van der Waals surface area contributed by atoms with Gasteiger partial charge < -0.3 is 10.5 Å². The first kappa shape index (κ1) is 15.7. The second kappa shape index (κ2) is 8.68. The summed E-state index contributed by atoms with van der Waals surface area (Å²) in [6.07, 6.45) is 6.00. The Morgan fingerprint density at radius 3 is 2.56 bits per heavy atom. The van der Waals surface area contributed by atoms with Gasteiger partial charge in [-0.05, 0) is 31.9 Å². The number of nitrogens with two attached hydrogens (primary N) is 1. The van der Waals surface area contributed by atoms with Crippen LogP contribution < -0.4 is 5.73 Å². The molecule has 0 radical (unpaired) electrons. The molecule has 18 heavy (non-hydrogen) atoms. The van der Waals surface area contributed by atoms with Gasteiger partial charge in [-0.25, -0.2) is 0 Å². The van der Waals surface area contributed by atoms with Crippen LogP contribution in [-0.4, -0.2) is 12.6 Å². The Balaban J connectivity index is 2.46. The molecule has 1 aromatic rings. The Morgan fingerprint density at radius 1 is 1.22 bits per heavy atom. The molecule has 1 heterocycles. The fourth-order valence-electron chi connectivity index (χ4n) is 1.98. The van der Waals surface area contributed by atoms with Crippen LogP contribution in [0.4, 0.5) is 0 Å². The zero-order valence-corrected chi connectivity index (χ0v) is 12.8. The molecule has 1 aromatic heterocycles. The van der Waals surface area contributed by atoms with Crippen LogP contribution in [0.25, 0.3) is 0 Å². The standard InChI is InChI=1S/C15H27NOS/c1-4-6-7-8-11-17-15(13(16)5-2)14-10-9-12(3)18-14/h9-10,13,15H,4-8,11,16H2,1-3H3. The summed E-state index contributed by atoms with van der Waals surface area (Å²) in [6, 6.07) is 4.41. The lowest BCUT2D eigenvalue weighted by Crippen LogP contribution is -2.29. The topological polar surface area (TPSA) is 35.2 Å². The lowest BCUT2D eigenvalue weighted by Gasteiger charge is -2.22. The maximum atomic E-state index is 6.18. The van der Waals surface area contributed by atoms with Crippen molar-refractivity contribution < 1.29 is 4.74 Å². The van der Waals surface area contributed by atoms with Crippen molar-refractivity contribution in [2.45, 2.75) is 65.0 Å². The number of unbranched alkanes of at least 4 members (excludes halogenated alkanes) is 3. The number of thiophene rings is 1. The Kier molecular flexibility index (Phi) is 7.56. The summed E-state index contributed by atoms with van der Waals surface area (Å²) in [4.78, 5) is 2.60. The Bertz CT molecular complexity index is 324. The van der Waals surface area contributed by atoms with Crippen LogP contribution in [0.3, 0.4) is 0 Å². The minimum absolute atomic E-state index is 0.0790. The highest BCUT2D eigenvalue weighted by Crippen LogP contribution is 2.28. The van der Waals surface area contributed by atoms with Gasteiger partial charge in [-0.2, -0.15) is 0 Å². The molecule has 0 aliphatic rings. The molecule has 0 aromatic carbocycles. The molecule has 0 saturated heterocycles. The van der Waals surface area contributed by atoms with E-state index in [2.05, 4.69) is 32.9 Å². The molecule has 2 unspecified atom stereocenters. The van der Waals surface area contributed by atoms with E-state index in [-0.39, 0.29) is 12.1 Å². The predicted molar refractivity (Wildman–Crippen MR) is 80.2 cm³/mol. The van der Waals surface area contributed by atoms with E-state index in [9.17, 15) is 0 Å². The molecule has 0 aliphatic carbocycles. The second-order valence-electron chi connectivity index (χ2n) is 4.87. The predicted octanol–water partition coefficient (Wildman–Crippen LogP) is 4.43. The van der Waals surface area contributed by atoms with E-state index in [1.807, 2.05) is 0 Å². The molecule has 2 atom stereocenters. The first-order valence-electron chi connectivity index (χ1n) is 7.12.